The van der Waals surface area contributed by atoms with Gasteiger partial charge in [-0.3, -0.25) is 9.36 Å². The van der Waals surface area contributed by atoms with Gasteiger partial charge in [0.05, 0.1) is 0 Å². The van der Waals surface area contributed by atoms with E-state index in [-0.39, 0.29) is 18.2 Å². The van der Waals surface area contributed by atoms with E-state index in [1.54, 1.807) is 4.68 Å². The molecule has 0 spiro atoms. The second-order valence-electron chi connectivity index (χ2n) is 5.26. The van der Waals surface area contributed by atoms with Crippen LogP contribution in [0.1, 0.15) is 36.7 Å². The molecule has 0 radical (unpaired) electrons. The number of hydrogen-bond donors (Lipinski definition) is 1. The maximum atomic E-state index is 12.9. The molecule has 2 rings (SSSR count). The Morgan fingerprint density at radius 2 is 1.90 bits per heavy atom. The molecule has 8 heteroatoms. The highest BCUT2D eigenvalue weighted by molar-refractivity contribution is 5.43. The zero-order valence-corrected chi connectivity index (χ0v) is 12.4. The van der Waals surface area contributed by atoms with Crippen molar-refractivity contribution in [3.8, 4) is 0 Å². The normalized spacial score (nSPS) is 12.2. The molecule has 0 aromatic carbocycles. The maximum absolute atomic E-state index is 12.9. The number of anilines is 1. The van der Waals surface area contributed by atoms with Crippen LogP contribution in [0.5, 0.6) is 0 Å². The van der Waals surface area contributed by atoms with Gasteiger partial charge in [-0.25, -0.2) is 0 Å². The Kier molecular flexibility index (Phi) is 3.97. The molecule has 0 atom stereocenters. The second kappa shape index (κ2) is 5.42. The third kappa shape index (κ3) is 3.37. The zero-order valence-electron chi connectivity index (χ0n) is 12.4. The van der Waals surface area contributed by atoms with Crippen molar-refractivity contribution < 1.29 is 13.2 Å². The highest BCUT2D eigenvalue weighted by Crippen LogP contribution is 2.31. The van der Waals surface area contributed by atoms with Crippen LogP contribution in [-0.4, -0.2) is 19.6 Å². The fourth-order valence-electron chi connectivity index (χ4n) is 2.01. The minimum Gasteiger partial charge on any atom is -0.364 e. The Morgan fingerprint density at radius 3 is 2.43 bits per heavy atom. The van der Waals surface area contributed by atoms with E-state index in [4.69, 9.17) is 0 Å². The molecule has 1 N–H and O–H groups in total. The number of aromatic nitrogens is 4. The lowest BCUT2D eigenvalue weighted by atomic mass is 10.2. The highest BCUT2D eigenvalue weighted by atomic mass is 19.4. The van der Waals surface area contributed by atoms with Crippen LogP contribution in [0.15, 0.2) is 12.4 Å². The first-order chi connectivity index (χ1) is 9.68. The molecule has 0 aliphatic heterocycles. The zero-order chi connectivity index (χ0) is 15.8. The molecule has 5 nitrogen and oxygen atoms in total. The molecule has 2 aromatic rings. The summed E-state index contributed by atoms with van der Waals surface area (Å²) in [5.41, 5.74) is 0.128. The van der Waals surface area contributed by atoms with Crippen LogP contribution < -0.4 is 5.32 Å². The van der Waals surface area contributed by atoms with E-state index in [1.807, 2.05) is 27.0 Å². The van der Waals surface area contributed by atoms with Crippen molar-refractivity contribution in [3.63, 3.8) is 0 Å². The summed E-state index contributed by atoms with van der Waals surface area (Å²) in [5.74, 6) is 0.584. The summed E-state index contributed by atoms with van der Waals surface area (Å²) in [6.45, 7) is 5.86. The summed E-state index contributed by atoms with van der Waals surface area (Å²) in [6.07, 6.45) is -1.23. The highest BCUT2D eigenvalue weighted by Gasteiger charge is 2.36. The van der Waals surface area contributed by atoms with Crippen LogP contribution in [0.25, 0.3) is 0 Å². The Bertz CT molecular complexity index is 624. The summed E-state index contributed by atoms with van der Waals surface area (Å²) < 4.78 is 41.5. The van der Waals surface area contributed by atoms with Crippen LogP contribution in [0, 0.1) is 6.92 Å². The lowest BCUT2D eigenvalue weighted by Gasteiger charge is -2.07. The second-order valence-corrected chi connectivity index (χ2v) is 5.26. The molecular formula is C13H18F3N5. The molecule has 0 bridgehead atoms. The SMILES string of the molecule is Cc1cn(C(C)C)nc1NCc1cn(C)nc1C(F)(F)F. The van der Waals surface area contributed by atoms with Gasteiger partial charge < -0.3 is 5.32 Å². The van der Waals surface area contributed by atoms with E-state index in [0.29, 0.717) is 5.82 Å². The van der Waals surface area contributed by atoms with Gasteiger partial charge in [0.1, 0.15) is 0 Å². The third-order valence-corrected chi connectivity index (χ3v) is 3.06. The Hall–Kier alpha value is -1.99. The summed E-state index contributed by atoms with van der Waals surface area (Å²) in [5, 5.41) is 10.7. The summed E-state index contributed by atoms with van der Waals surface area (Å²) in [7, 11) is 1.47. The quantitative estimate of drug-likeness (QED) is 0.943. The van der Waals surface area contributed by atoms with E-state index >= 15 is 0 Å². The first-order valence-electron chi connectivity index (χ1n) is 6.58. The topological polar surface area (TPSA) is 47.7 Å². The van der Waals surface area contributed by atoms with Gasteiger partial charge in [0, 0.05) is 43.2 Å². The van der Waals surface area contributed by atoms with E-state index in [2.05, 4.69) is 15.5 Å². The van der Waals surface area contributed by atoms with Crippen molar-refractivity contribution in [2.24, 2.45) is 7.05 Å². The van der Waals surface area contributed by atoms with Gasteiger partial charge in [-0.05, 0) is 20.8 Å². The molecule has 0 aliphatic rings. The molecule has 21 heavy (non-hydrogen) atoms. The number of rotatable bonds is 4. The van der Waals surface area contributed by atoms with E-state index in [0.717, 1.165) is 5.56 Å². The molecule has 2 aromatic heterocycles. The average molecular weight is 301 g/mol. The number of halogens is 3. The van der Waals surface area contributed by atoms with Crippen molar-refractivity contribution in [1.82, 2.24) is 19.6 Å². The monoisotopic (exact) mass is 301 g/mol. The average Bonchev–Trinajstić information content (AvgIpc) is 2.89. The van der Waals surface area contributed by atoms with Gasteiger partial charge in [0.15, 0.2) is 11.5 Å². The minimum absolute atomic E-state index is 0.0264. The minimum atomic E-state index is -4.45. The lowest BCUT2D eigenvalue weighted by molar-refractivity contribution is -0.142. The van der Waals surface area contributed by atoms with Gasteiger partial charge in [0.2, 0.25) is 0 Å². The van der Waals surface area contributed by atoms with Crippen LogP contribution in [-0.2, 0) is 19.8 Å². The number of nitrogens with zero attached hydrogens (tertiary/aromatic N) is 4. The predicted molar refractivity (Wildman–Crippen MR) is 72.9 cm³/mol. The van der Waals surface area contributed by atoms with Crippen LogP contribution in [0.3, 0.4) is 0 Å². The predicted octanol–water partition coefficient (Wildman–Crippen LogP) is 3.14. The Balaban J connectivity index is 2.17. The van der Waals surface area contributed by atoms with Crippen LogP contribution >= 0.6 is 0 Å². The fraction of sp³-hybridized carbons (Fsp3) is 0.538. The van der Waals surface area contributed by atoms with Gasteiger partial charge >= 0.3 is 6.18 Å². The molecule has 0 saturated heterocycles. The van der Waals surface area contributed by atoms with Gasteiger partial charge in [0.25, 0.3) is 0 Å². The maximum Gasteiger partial charge on any atom is 0.435 e. The molecule has 116 valence electrons. The third-order valence-electron chi connectivity index (χ3n) is 3.06. The lowest BCUT2D eigenvalue weighted by Crippen LogP contribution is -2.12. The van der Waals surface area contributed by atoms with Crippen molar-refractivity contribution >= 4 is 5.82 Å². The number of hydrogen-bond acceptors (Lipinski definition) is 3. The van der Waals surface area contributed by atoms with Crippen molar-refractivity contribution in [2.75, 3.05) is 5.32 Å². The van der Waals surface area contributed by atoms with E-state index < -0.39 is 11.9 Å². The number of alkyl halides is 3. The summed E-state index contributed by atoms with van der Waals surface area (Å²) in [6, 6.07) is 0.198. The Morgan fingerprint density at radius 1 is 1.24 bits per heavy atom. The smallest absolute Gasteiger partial charge is 0.364 e. The molecule has 0 unspecified atom stereocenters. The first-order valence-corrected chi connectivity index (χ1v) is 6.58. The largest absolute Gasteiger partial charge is 0.435 e. The summed E-state index contributed by atoms with van der Waals surface area (Å²) >= 11 is 0. The molecule has 2 heterocycles. The molecule has 0 saturated carbocycles. The Labute approximate surface area is 120 Å². The van der Waals surface area contributed by atoms with Gasteiger partial charge in [-0.15, -0.1) is 0 Å². The molecule has 0 fully saturated rings. The van der Waals surface area contributed by atoms with Crippen LogP contribution in [0.4, 0.5) is 19.0 Å². The number of aryl methyl sites for hydroxylation is 2. The van der Waals surface area contributed by atoms with E-state index in [9.17, 15) is 13.2 Å². The molecule has 0 amide bonds. The molecule has 0 aliphatic carbocycles. The van der Waals surface area contributed by atoms with Gasteiger partial charge in [-0.2, -0.15) is 23.4 Å². The van der Waals surface area contributed by atoms with Crippen molar-refractivity contribution in [1.29, 1.82) is 0 Å². The fourth-order valence-corrected chi connectivity index (χ4v) is 2.01. The van der Waals surface area contributed by atoms with E-state index in [1.165, 1.54) is 17.9 Å². The van der Waals surface area contributed by atoms with Crippen molar-refractivity contribution in [3.05, 3.63) is 29.2 Å². The first kappa shape index (κ1) is 15.4. The number of nitrogens with one attached hydrogen (secondary N) is 1. The molecular weight excluding hydrogens is 283 g/mol. The van der Waals surface area contributed by atoms with Crippen LogP contribution in [0.2, 0.25) is 0 Å². The van der Waals surface area contributed by atoms with Crippen molar-refractivity contribution in [2.45, 2.75) is 39.5 Å². The summed E-state index contributed by atoms with van der Waals surface area (Å²) in [4.78, 5) is 0. The standard InChI is InChI=1S/C13H18F3N5/c1-8(2)21-6-9(3)12(19-21)17-5-10-7-20(4)18-11(10)13(14,15)16/h6-8H,5H2,1-4H3,(H,17,19). The van der Waals surface area contributed by atoms with Gasteiger partial charge in [-0.1, -0.05) is 0 Å².